The zero-order valence-electron chi connectivity index (χ0n) is 19.4. The van der Waals surface area contributed by atoms with E-state index >= 15 is 0 Å². The van der Waals surface area contributed by atoms with E-state index in [9.17, 15) is 0 Å². The van der Waals surface area contributed by atoms with E-state index in [0.29, 0.717) is 17.8 Å². The lowest BCUT2D eigenvalue weighted by molar-refractivity contribution is 0.350. The zero-order chi connectivity index (χ0) is 21.8. The quantitative estimate of drug-likeness (QED) is 0.413. The number of rotatable bonds is 8. The minimum Gasteiger partial charge on any atom is -0.0946 e. The van der Waals surface area contributed by atoms with Crippen LogP contribution in [0, 0.1) is 24.7 Å². The normalized spacial score (nSPS) is 19.9. The van der Waals surface area contributed by atoms with Gasteiger partial charge in [0, 0.05) is 5.92 Å². The van der Waals surface area contributed by atoms with Gasteiger partial charge in [-0.1, -0.05) is 111 Å². The predicted octanol–water partition coefficient (Wildman–Crippen LogP) is 8.20. The van der Waals surface area contributed by atoms with Gasteiger partial charge in [-0.15, -0.1) is 0 Å². The number of aryl methyl sites for hydroxylation is 1. The monoisotopic (exact) mass is 408 g/mol. The van der Waals surface area contributed by atoms with Crippen LogP contribution in [0.1, 0.15) is 49.8 Å². The minimum absolute atomic E-state index is 0.399. The summed E-state index contributed by atoms with van der Waals surface area (Å²) in [5.41, 5.74) is 10.00. The Kier molecular flexibility index (Phi) is 6.76. The van der Waals surface area contributed by atoms with Crippen LogP contribution in [0.25, 0.3) is 0 Å². The lowest BCUT2D eigenvalue weighted by Crippen LogP contribution is -2.26. The molecule has 2 aromatic rings. The Bertz CT molecular complexity index is 998. The Labute approximate surface area is 189 Å². The molecule has 2 aliphatic carbocycles. The summed E-state index contributed by atoms with van der Waals surface area (Å²) in [7, 11) is 0. The highest BCUT2D eigenvalue weighted by Crippen LogP contribution is 2.45. The maximum Gasteiger partial charge on any atom is 0.00947 e. The first-order chi connectivity index (χ1) is 15.1. The first-order valence-electron chi connectivity index (χ1n) is 12.0. The smallest absolute Gasteiger partial charge is 0.00947 e. The SMILES string of the molecule is C=C1C2=C(C=C(C(C)C(CCC)Cc3ccc(C)cc3)C1Cc1ccccc1)CC=C2. The fourth-order valence-electron chi connectivity index (χ4n) is 5.40. The number of allylic oxidation sites excluding steroid dienone is 7. The molecule has 0 heteroatoms. The molecule has 3 atom stereocenters. The van der Waals surface area contributed by atoms with Gasteiger partial charge in [0.15, 0.2) is 0 Å². The van der Waals surface area contributed by atoms with Crippen LogP contribution in [0.15, 0.2) is 102 Å². The molecule has 2 aliphatic rings. The molecule has 0 saturated heterocycles. The van der Waals surface area contributed by atoms with Crippen LogP contribution < -0.4 is 0 Å². The van der Waals surface area contributed by atoms with E-state index in [1.54, 1.807) is 5.57 Å². The molecule has 0 bridgehead atoms. The predicted molar refractivity (Wildman–Crippen MR) is 134 cm³/mol. The van der Waals surface area contributed by atoms with E-state index in [2.05, 4.69) is 100 Å². The summed E-state index contributed by atoms with van der Waals surface area (Å²) in [6, 6.07) is 20.1. The van der Waals surface area contributed by atoms with E-state index in [0.717, 1.165) is 19.3 Å². The molecule has 0 spiro atoms. The maximum atomic E-state index is 4.62. The summed E-state index contributed by atoms with van der Waals surface area (Å²) >= 11 is 0. The van der Waals surface area contributed by atoms with Crippen molar-refractivity contribution in [3.63, 3.8) is 0 Å². The number of hydrogen-bond donors (Lipinski definition) is 0. The van der Waals surface area contributed by atoms with E-state index in [4.69, 9.17) is 0 Å². The van der Waals surface area contributed by atoms with Gasteiger partial charge in [0.05, 0.1) is 0 Å². The molecular weight excluding hydrogens is 372 g/mol. The van der Waals surface area contributed by atoms with Crippen molar-refractivity contribution in [1.82, 2.24) is 0 Å². The van der Waals surface area contributed by atoms with Gasteiger partial charge in [0.25, 0.3) is 0 Å². The highest BCUT2D eigenvalue weighted by molar-refractivity contribution is 5.58. The Balaban J connectivity index is 1.64. The van der Waals surface area contributed by atoms with Crippen LogP contribution in [-0.2, 0) is 12.8 Å². The second kappa shape index (κ2) is 9.69. The lowest BCUT2D eigenvalue weighted by atomic mass is 9.69. The van der Waals surface area contributed by atoms with Gasteiger partial charge in [-0.2, -0.15) is 0 Å². The molecular formula is C31H36. The molecule has 0 amide bonds. The van der Waals surface area contributed by atoms with Crippen molar-refractivity contribution in [2.24, 2.45) is 17.8 Å². The molecule has 0 N–H and O–H groups in total. The van der Waals surface area contributed by atoms with Gasteiger partial charge in [0.2, 0.25) is 0 Å². The highest BCUT2D eigenvalue weighted by atomic mass is 14.4. The number of benzene rings is 2. The van der Waals surface area contributed by atoms with Gasteiger partial charge in [-0.05, 0) is 72.3 Å². The van der Waals surface area contributed by atoms with Crippen LogP contribution in [0.2, 0.25) is 0 Å². The first-order valence-corrected chi connectivity index (χ1v) is 12.0. The van der Waals surface area contributed by atoms with Crippen molar-refractivity contribution in [1.29, 1.82) is 0 Å². The summed E-state index contributed by atoms with van der Waals surface area (Å²) in [6.45, 7) is 11.6. The van der Waals surface area contributed by atoms with E-state index in [-0.39, 0.29) is 0 Å². The minimum atomic E-state index is 0.399. The van der Waals surface area contributed by atoms with Crippen molar-refractivity contribution in [2.45, 2.75) is 52.9 Å². The number of hydrogen-bond acceptors (Lipinski definition) is 0. The van der Waals surface area contributed by atoms with Crippen LogP contribution in [0.4, 0.5) is 0 Å². The van der Waals surface area contributed by atoms with Crippen LogP contribution in [-0.4, -0.2) is 0 Å². The summed E-state index contributed by atoms with van der Waals surface area (Å²) in [5.74, 6) is 1.60. The fourth-order valence-corrected chi connectivity index (χ4v) is 5.40. The van der Waals surface area contributed by atoms with Gasteiger partial charge in [0.1, 0.15) is 0 Å². The average molecular weight is 409 g/mol. The molecule has 0 aliphatic heterocycles. The second-order valence-electron chi connectivity index (χ2n) is 9.48. The summed E-state index contributed by atoms with van der Waals surface area (Å²) in [6.07, 6.45) is 12.9. The van der Waals surface area contributed by atoms with E-state index in [1.807, 2.05) is 0 Å². The van der Waals surface area contributed by atoms with Gasteiger partial charge < -0.3 is 0 Å². The molecule has 0 saturated carbocycles. The lowest BCUT2D eigenvalue weighted by Gasteiger charge is -2.35. The average Bonchev–Trinajstić information content (AvgIpc) is 3.26. The molecule has 3 unspecified atom stereocenters. The van der Waals surface area contributed by atoms with Crippen molar-refractivity contribution in [3.8, 4) is 0 Å². The molecule has 2 aromatic carbocycles. The van der Waals surface area contributed by atoms with Crippen molar-refractivity contribution < 1.29 is 0 Å². The molecule has 0 fully saturated rings. The Hall–Kier alpha value is -2.60. The van der Waals surface area contributed by atoms with Crippen LogP contribution >= 0.6 is 0 Å². The summed E-state index contributed by atoms with van der Waals surface area (Å²) < 4.78 is 0. The zero-order valence-corrected chi connectivity index (χ0v) is 19.4. The van der Waals surface area contributed by atoms with Gasteiger partial charge in [-0.25, -0.2) is 0 Å². The molecule has 0 heterocycles. The second-order valence-corrected chi connectivity index (χ2v) is 9.48. The Morgan fingerprint density at radius 3 is 2.45 bits per heavy atom. The van der Waals surface area contributed by atoms with Gasteiger partial charge >= 0.3 is 0 Å². The molecule has 0 radical (unpaired) electrons. The molecule has 0 nitrogen and oxygen atoms in total. The largest absolute Gasteiger partial charge is 0.0946 e. The Morgan fingerprint density at radius 2 is 1.74 bits per heavy atom. The molecule has 160 valence electrons. The summed E-state index contributed by atoms with van der Waals surface area (Å²) in [5, 5.41) is 0. The third-order valence-electron chi connectivity index (χ3n) is 7.27. The van der Waals surface area contributed by atoms with Crippen LogP contribution in [0.5, 0.6) is 0 Å². The fraction of sp³-hybridized carbons (Fsp3) is 0.355. The Morgan fingerprint density at radius 1 is 1.00 bits per heavy atom. The summed E-state index contributed by atoms with van der Waals surface area (Å²) in [4.78, 5) is 0. The standard InChI is InChI=1S/C31H36/c1-5-10-27(19-26-17-15-22(2)16-18-26)23(3)31-21-28-13-9-14-29(28)24(4)30(31)20-25-11-7-6-8-12-25/h6-9,11-12,14-18,21,23,27,30H,4-5,10,13,19-20H2,1-3H3. The van der Waals surface area contributed by atoms with Gasteiger partial charge in [-0.3, -0.25) is 0 Å². The third-order valence-corrected chi connectivity index (χ3v) is 7.27. The van der Waals surface area contributed by atoms with E-state index < -0.39 is 0 Å². The maximum absolute atomic E-state index is 4.62. The van der Waals surface area contributed by atoms with Crippen molar-refractivity contribution in [3.05, 3.63) is 118 Å². The highest BCUT2D eigenvalue weighted by Gasteiger charge is 2.32. The third kappa shape index (κ3) is 4.85. The molecule has 31 heavy (non-hydrogen) atoms. The molecule has 4 rings (SSSR count). The van der Waals surface area contributed by atoms with Crippen molar-refractivity contribution in [2.75, 3.05) is 0 Å². The topological polar surface area (TPSA) is 0 Å². The van der Waals surface area contributed by atoms with Crippen LogP contribution in [0.3, 0.4) is 0 Å². The first kappa shape index (κ1) is 21.6. The molecule has 0 aromatic heterocycles. The van der Waals surface area contributed by atoms with Crippen molar-refractivity contribution >= 4 is 0 Å². The van der Waals surface area contributed by atoms with E-state index in [1.165, 1.54) is 46.3 Å².